The van der Waals surface area contributed by atoms with Gasteiger partial charge in [-0.2, -0.15) is 0 Å². The maximum absolute atomic E-state index is 13.9. The first-order chi connectivity index (χ1) is 54.1. The van der Waals surface area contributed by atoms with Gasteiger partial charge < -0.3 is 142 Å². The molecule has 0 aliphatic carbocycles. The summed E-state index contributed by atoms with van der Waals surface area (Å²) in [5.41, 5.74) is -1.41. The zero-order valence-corrected chi connectivity index (χ0v) is 65.9. The molecule has 0 aromatic rings. The molecule has 3 rings (SSSR count). The van der Waals surface area contributed by atoms with E-state index in [4.69, 9.17) is 47.7 Å². The smallest absolute Gasteiger partial charge is 0.303 e. The quantitative estimate of drug-likeness (QED) is 0.0263. The van der Waals surface area contributed by atoms with Crippen molar-refractivity contribution < 1.29 is 146 Å². The minimum Gasteiger partial charge on any atom is -0.481 e. The second-order valence-electron chi connectivity index (χ2n) is 28.7. The fourth-order valence-corrected chi connectivity index (χ4v) is 12.5. The van der Waals surface area contributed by atoms with Crippen molar-refractivity contribution in [3.8, 4) is 0 Å². The molecule has 3 fully saturated rings. The summed E-state index contributed by atoms with van der Waals surface area (Å²) in [6.45, 7) is 2.26. The van der Waals surface area contributed by atoms with E-state index in [1.807, 2.05) is 0 Å². The fraction of sp³-hybridized carbons (Fsp3) is 0.851. The highest BCUT2D eigenvalue weighted by Gasteiger charge is 2.48. The number of carboxylic acid groups (broad SMARTS) is 1. The number of hydrogen-bond donors (Lipinski definition) is 19. The monoisotopic (exact) mass is 1630 g/mol. The second kappa shape index (κ2) is 59.3. The highest BCUT2D eigenvalue weighted by Crippen LogP contribution is 2.26. The second-order valence-corrected chi connectivity index (χ2v) is 28.7. The SMILES string of the molecule is CC(=O)NC1[C@H](OCCCCC(=O)CCCCNC(=O)CCOCC(COCCC(=O)NCCCNC(=O)CCCCO[C@@H]2OC(CO)[C@@H](O)[C@H](O)C2NC(C)=O)(COCCC(=O)NCCCNC(=O)CCCCO[C@@H]2OC(CO)[C@@H](O)[C@H](O)C2NC(C)=O)NC(=O)CCCCCCCCCCC(=O)O)OC(CO)[C@@H](O)[C@@H]1O. The lowest BCUT2D eigenvalue weighted by atomic mass is 9.97. The third-order valence-corrected chi connectivity index (χ3v) is 18.7. The number of rotatable bonds is 64. The molecule has 15 atom stereocenters. The molecule has 0 aromatic carbocycles. The van der Waals surface area contributed by atoms with E-state index in [0.29, 0.717) is 77.0 Å². The van der Waals surface area contributed by atoms with E-state index >= 15 is 0 Å². The first-order valence-corrected chi connectivity index (χ1v) is 39.8. The summed E-state index contributed by atoms with van der Waals surface area (Å²) in [6, 6.07) is -3.27. The Kier molecular flexibility index (Phi) is 52.9. The zero-order chi connectivity index (χ0) is 83.4. The molecule has 0 saturated carbocycles. The van der Waals surface area contributed by atoms with Crippen LogP contribution in [0, 0.1) is 0 Å². The Balaban J connectivity index is 1.55. The summed E-state index contributed by atoms with van der Waals surface area (Å²) in [7, 11) is 0. The summed E-state index contributed by atoms with van der Waals surface area (Å²) in [4.78, 5) is 137. The van der Waals surface area contributed by atoms with E-state index in [1.165, 1.54) is 20.8 Å². The molecule has 3 heterocycles. The van der Waals surface area contributed by atoms with Crippen LogP contribution in [-0.2, 0) is 95.4 Å². The highest BCUT2D eigenvalue weighted by molar-refractivity contribution is 5.79. The van der Waals surface area contributed by atoms with Gasteiger partial charge in [0.05, 0.1) is 59.5 Å². The van der Waals surface area contributed by atoms with Crippen LogP contribution in [-0.4, -0.2) is 325 Å². The van der Waals surface area contributed by atoms with Gasteiger partial charge in [0.25, 0.3) is 0 Å². The third-order valence-electron chi connectivity index (χ3n) is 18.7. The van der Waals surface area contributed by atoms with Gasteiger partial charge in [0.2, 0.25) is 53.2 Å². The van der Waals surface area contributed by atoms with E-state index in [1.54, 1.807) is 0 Å². The Bertz CT molecular complexity index is 2520. The van der Waals surface area contributed by atoms with Gasteiger partial charge in [-0.1, -0.05) is 38.5 Å². The van der Waals surface area contributed by atoms with E-state index in [2.05, 4.69) is 47.9 Å². The first-order valence-electron chi connectivity index (χ1n) is 39.8. The number of carboxylic acids is 1. The fourth-order valence-electron chi connectivity index (χ4n) is 12.5. The summed E-state index contributed by atoms with van der Waals surface area (Å²) >= 11 is 0. The number of nitrogens with one attached hydrogen (secondary N) is 9. The molecule has 0 aromatic heterocycles. The van der Waals surface area contributed by atoms with Crippen LogP contribution in [0.1, 0.15) is 194 Å². The summed E-state index contributed by atoms with van der Waals surface area (Å²) in [5, 5.41) is 124. The Morgan fingerprint density at radius 3 is 0.912 bits per heavy atom. The van der Waals surface area contributed by atoms with E-state index in [-0.39, 0.29) is 191 Å². The average Bonchev–Trinajstić information content (AvgIpc) is 0.816. The number of hydrogen-bond acceptors (Lipinski definition) is 29. The molecule has 652 valence electrons. The lowest BCUT2D eigenvalue weighted by Crippen LogP contribution is -2.64. The molecule has 3 aliphatic rings. The third kappa shape index (κ3) is 43.4. The van der Waals surface area contributed by atoms with Crippen molar-refractivity contribution in [2.24, 2.45) is 0 Å². The summed E-state index contributed by atoms with van der Waals surface area (Å²) in [5.74, 6) is -4.27. The Morgan fingerprint density at radius 2 is 0.593 bits per heavy atom. The normalized spacial score (nSPS) is 24.1. The number of ketones is 1. The minimum atomic E-state index is -1.46. The van der Waals surface area contributed by atoms with Crippen molar-refractivity contribution in [2.75, 3.05) is 112 Å². The Labute approximate surface area is 660 Å². The average molecular weight is 1630 g/mol. The van der Waals surface area contributed by atoms with Gasteiger partial charge in [-0.25, -0.2) is 0 Å². The van der Waals surface area contributed by atoms with Gasteiger partial charge >= 0.3 is 5.97 Å². The summed E-state index contributed by atoms with van der Waals surface area (Å²) in [6.07, 6.45) is -4.38. The van der Waals surface area contributed by atoms with Crippen LogP contribution in [0.15, 0.2) is 0 Å². The molecule has 3 aliphatic heterocycles. The molecular formula is C74H131N9O30. The molecule has 0 bridgehead atoms. The molecule has 39 heteroatoms. The lowest BCUT2D eigenvalue weighted by molar-refractivity contribution is -0.270. The van der Waals surface area contributed by atoms with Gasteiger partial charge in [0.1, 0.15) is 84.4 Å². The van der Waals surface area contributed by atoms with Gasteiger partial charge in [0, 0.05) is 131 Å². The number of aliphatic hydroxyl groups is 9. The molecule has 3 saturated heterocycles. The van der Waals surface area contributed by atoms with Crippen molar-refractivity contribution in [1.82, 2.24) is 47.9 Å². The molecular weight excluding hydrogens is 1490 g/mol. The topological polar surface area (TPSA) is 581 Å². The zero-order valence-electron chi connectivity index (χ0n) is 65.9. The Hall–Kier alpha value is -6.35. The van der Waals surface area contributed by atoms with Crippen molar-refractivity contribution in [3.05, 3.63) is 0 Å². The molecule has 0 spiro atoms. The van der Waals surface area contributed by atoms with Gasteiger partial charge in [-0.15, -0.1) is 0 Å². The van der Waals surface area contributed by atoms with Crippen LogP contribution >= 0.6 is 0 Å². The predicted octanol–water partition coefficient (Wildman–Crippen LogP) is -3.46. The van der Waals surface area contributed by atoms with Crippen LogP contribution in [0.4, 0.5) is 0 Å². The molecule has 9 amide bonds. The largest absolute Gasteiger partial charge is 0.481 e. The van der Waals surface area contributed by atoms with Crippen LogP contribution in [0.5, 0.6) is 0 Å². The van der Waals surface area contributed by atoms with Crippen LogP contribution < -0.4 is 47.9 Å². The number of unbranched alkanes of at least 4 members (excludes halogenated alkanes) is 11. The first kappa shape index (κ1) is 101. The molecule has 39 nitrogen and oxygen atoms in total. The van der Waals surface area contributed by atoms with Crippen molar-refractivity contribution in [2.45, 2.75) is 292 Å². The number of aliphatic carboxylic acids is 1. The van der Waals surface area contributed by atoms with Crippen molar-refractivity contribution in [1.29, 1.82) is 0 Å². The van der Waals surface area contributed by atoms with E-state index in [0.717, 1.165) is 38.5 Å². The Morgan fingerprint density at radius 1 is 0.319 bits per heavy atom. The number of carbonyl (C=O) groups is 11. The molecule has 19 N–H and O–H groups in total. The van der Waals surface area contributed by atoms with Crippen LogP contribution in [0.25, 0.3) is 0 Å². The van der Waals surface area contributed by atoms with Crippen LogP contribution in [0.3, 0.4) is 0 Å². The maximum Gasteiger partial charge on any atom is 0.303 e. The number of aliphatic hydroxyl groups excluding tert-OH is 9. The number of amides is 9. The highest BCUT2D eigenvalue weighted by atomic mass is 16.7. The molecule has 113 heavy (non-hydrogen) atoms. The van der Waals surface area contributed by atoms with E-state index in [9.17, 15) is 98.7 Å². The van der Waals surface area contributed by atoms with Crippen molar-refractivity contribution in [3.63, 3.8) is 0 Å². The van der Waals surface area contributed by atoms with Crippen molar-refractivity contribution >= 4 is 64.9 Å². The standard InChI is InChI=1S/C74H131N9O30/c1-48(87)80-62-68(102)65(99)52(42-84)111-71(62)108-36-17-13-23-51(90)22-12-16-31-75-57(93)28-39-105-45-74(83-60(96)26-10-8-6-4-5-7-9-11-27-61(97)98,46-106-40-29-58(94)78-34-20-32-76-55(91)24-14-18-37-109-72-63(81-49(2)88)69(103)66(100)53(43-85)112-72)47-107-41-30-59(95)79-35-21-33-77-56(92)25-15-19-38-110-73-64(82-50(3)89)70(104)67(101)54(44-86)113-73/h52-54,62-73,84-86,99-104H,4-47H2,1-3H3,(H,75,93)(H,76,91)(H,77,92)(H,78,94)(H,79,95)(H,80,87)(H,81,88)(H,82,89)(H,83,96)(H,97,98)/t52?,53?,54?,62?,63?,64?,65-,66-,67-,68-,69-,70-,71-,72-,73-,74?/m1/s1. The molecule has 0 radical (unpaired) electrons. The van der Waals surface area contributed by atoms with Gasteiger partial charge in [-0.3, -0.25) is 52.7 Å². The minimum absolute atomic E-state index is 0.00345. The predicted molar refractivity (Wildman–Crippen MR) is 400 cm³/mol. The summed E-state index contributed by atoms with van der Waals surface area (Å²) < 4.78 is 52.1. The number of carbonyl (C=O) groups excluding carboxylic acids is 10. The van der Waals surface area contributed by atoms with Gasteiger partial charge in [0.15, 0.2) is 18.9 Å². The van der Waals surface area contributed by atoms with Crippen LogP contribution in [0.2, 0.25) is 0 Å². The maximum atomic E-state index is 13.9. The lowest BCUT2D eigenvalue weighted by Gasteiger charge is -2.42. The number of Topliss-reactive ketones (excluding diaryl/α,β-unsaturated/α-hetero) is 1. The van der Waals surface area contributed by atoms with E-state index < -0.39 is 141 Å². The number of ether oxygens (including phenoxy) is 9. The molecule has 6 unspecified atom stereocenters. The van der Waals surface area contributed by atoms with Gasteiger partial charge in [-0.05, 0) is 77.0 Å².